The van der Waals surface area contributed by atoms with Crippen molar-refractivity contribution in [2.24, 2.45) is 0 Å². The van der Waals surface area contributed by atoms with Gasteiger partial charge in [-0.25, -0.2) is 4.79 Å². The second-order valence-corrected chi connectivity index (χ2v) is 6.63. The summed E-state index contributed by atoms with van der Waals surface area (Å²) in [5.41, 5.74) is -0.857. The zero-order valence-corrected chi connectivity index (χ0v) is 15.9. The Morgan fingerprint density at radius 3 is 2.17 bits per heavy atom. The van der Waals surface area contributed by atoms with Crippen molar-refractivity contribution >= 4 is 40.5 Å². The summed E-state index contributed by atoms with van der Waals surface area (Å²) in [6, 6.07) is 14.6. The Morgan fingerprint density at radius 1 is 0.900 bits per heavy atom. The SMILES string of the molecule is O=C(Nc1cccc(Nc2cccc(C(F)(F)F)c2)c1C(=O)O)c1ccc(Cl)cc1. The van der Waals surface area contributed by atoms with Crippen molar-refractivity contribution < 1.29 is 27.9 Å². The Bertz CT molecular complexity index is 1100. The van der Waals surface area contributed by atoms with Gasteiger partial charge in [0, 0.05) is 16.3 Å². The fourth-order valence-corrected chi connectivity index (χ4v) is 2.84. The Balaban J connectivity index is 1.93. The van der Waals surface area contributed by atoms with Crippen molar-refractivity contribution in [3.63, 3.8) is 0 Å². The highest BCUT2D eigenvalue weighted by Crippen LogP contribution is 2.33. The molecule has 0 aliphatic heterocycles. The molecule has 30 heavy (non-hydrogen) atoms. The molecule has 154 valence electrons. The van der Waals surface area contributed by atoms with E-state index in [1.54, 1.807) is 0 Å². The highest BCUT2D eigenvalue weighted by molar-refractivity contribution is 6.30. The molecular weight excluding hydrogens is 421 g/mol. The van der Waals surface area contributed by atoms with Crippen molar-refractivity contribution in [1.82, 2.24) is 0 Å². The molecule has 0 spiro atoms. The number of aromatic carboxylic acids is 1. The van der Waals surface area contributed by atoms with E-state index in [-0.39, 0.29) is 28.2 Å². The third-order valence-corrected chi connectivity index (χ3v) is 4.35. The number of amides is 1. The number of carboxylic acid groups (broad SMARTS) is 1. The molecule has 0 aromatic heterocycles. The van der Waals surface area contributed by atoms with Crippen LogP contribution in [0.2, 0.25) is 5.02 Å². The van der Waals surface area contributed by atoms with Crippen LogP contribution in [0.25, 0.3) is 0 Å². The van der Waals surface area contributed by atoms with Crippen LogP contribution in [0, 0.1) is 0 Å². The number of hydrogen-bond donors (Lipinski definition) is 3. The average Bonchev–Trinajstić information content (AvgIpc) is 2.68. The Morgan fingerprint density at radius 2 is 1.53 bits per heavy atom. The van der Waals surface area contributed by atoms with E-state index in [0.29, 0.717) is 5.02 Å². The molecule has 0 radical (unpaired) electrons. The maximum absolute atomic E-state index is 12.9. The van der Waals surface area contributed by atoms with Crippen molar-refractivity contribution in [3.8, 4) is 0 Å². The van der Waals surface area contributed by atoms with Gasteiger partial charge in [0.1, 0.15) is 5.56 Å². The van der Waals surface area contributed by atoms with Crippen LogP contribution < -0.4 is 10.6 Å². The zero-order chi connectivity index (χ0) is 21.9. The number of hydrogen-bond acceptors (Lipinski definition) is 3. The van der Waals surface area contributed by atoms with E-state index >= 15 is 0 Å². The van der Waals surface area contributed by atoms with Gasteiger partial charge in [-0.1, -0.05) is 23.7 Å². The summed E-state index contributed by atoms with van der Waals surface area (Å²) in [4.78, 5) is 24.3. The van der Waals surface area contributed by atoms with Gasteiger partial charge in [0.05, 0.1) is 16.9 Å². The topological polar surface area (TPSA) is 78.4 Å². The van der Waals surface area contributed by atoms with Gasteiger partial charge in [0.15, 0.2) is 0 Å². The molecule has 1 amide bonds. The number of nitrogens with one attached hydrogen (secondary N) is 2. The van der Waals surface area contributed by atoms with Crippen LogP contribution >= 0.6 is 11.6 Å². The number of alkyl halides is 3. The molecule has 0 aliphatic rings. The maximum atomic E-state index is 12.9. The van der Waals surface area contributed by atoms with Gasteiger partial charge in [0.2, 0.25) is 0 Å². The quantitative estimate of drug-likeness (QED) is 0.456. The Kier molecular flexibility index (Phi) is 5.98. The van der Waals surface area contributed by atoms with Crippen LogP contribution in [0.4, 0.5) is 30.2 Å². The monoisotopic (exact) mass is 434 g/mol. The maximum Gasteiger partial charge on any atom is 0.416 e. The first-order chi connectivity index (χ1) is 14.1. The van der Waals surface area contributed by atoms with Gasteiger partial charge in [-0.3, -0.25) is 4.79 Å². The predicted molar refractivity (Wildman–Crippen MR) is 108 cm³/mol. The molecule has 0 atom stereocenters. The predicted octanol–water partition coefficient (Wildman–Crippen LogP) is 6.05. The number of halogens is 4. The van der Waals surface area contributed by atoms with Crippen LogP contribution in [0.3, 0.4) is 0 Å². The van der Waals surface area contributed by atoms with E-state index in [1.807, 2.05) is 0 Å². The molecular formula is C21H14ClF3N2O3. The lowest BCUT2D eigenvalue weighted by Gasteiger charge is -2.15. The summed E-state index contributed by atoms with van der Waals surface area (Å²) in [5, 5.41) is 15.3. The van der Waals surface area contributed by atoms with E-state index in [9.17, 15) is 27.9 Å². The lowest BCUT2D eigenvalue weighted by atomic mass is 10.1. The third-order valence-electron chi connectivity index (χ3n) is 4.10. The van der Waals surface area contributed by atoms with Crippen molar-refractivity contribution in [3.05, 3.63) is 88.4 Å². The van der Waals surface area contributed by atoms with Gasteiger partial charge in [-0.05, 0) is 54.6 Å². The Labute approximate surface area is 174 Å². The first kappa shape index (κ1) is 21.2. The highest BCUT2D eigenvalue weighted by Gasteiger charge is 2.30. The molecule has 0 fully saturated rings. The first-order valence-corrected chi connectivity index (χ1v) is 8.90. The van der Waals surface area contributed by atoms with Crippen LogP contribution in [0.1, 0.15) is 26.3 Å². The minimum absolute atomic E-state index is 0.0144. The van der Waals surface area contributed by atoms with Gasteiger partial charge in [0.25, 0.3) is 5.91 Å². The molecule has 3 N–H and O–H groups in total. The molecule has 0 saturated carbocycles. The summed E-state index contributed by atoms with van der Waals surface area (Å²) >= 11 is 5.79. The molecule has 0 unspecified atom stereocenters. The van der Waals surface area contributed by atoms with E-state index in [2.05, 4.69) is 10.6 Å². The second kappa shape index (κ2) is 8.46. The van der Waals surface area contributed by atoms with E-state index < -0.39 is 23.6 Å². The molecule has 3 aromatic rings. The fourth-order valence-electron chi connectivity index (χ4n) is 2.72. The standard InChI is InChI=1S/C21H14ClF3N2O3/c22-14-9-7-12(8-10-14)19(28)27-17-6-2-5-16(18(17)20(29)30)26-15-4-1-3-13(11-15)21(23,24)25/h1-11,26H,(H,27,28)(H,29,30). The van der Waals surface area contributed by atoms with Crippen molar-refractivity contribution in [2.75, 3.05) is 10.6 Å². The molecule has 0 saturated heterocycles. The van der Waals surface area contributed by atoms with Gasteiger partial charge in [-0.2, -0.15) is 13.2 Å². The van der Waals surface area contributed by atoms with E-state index in [1.165, 1.54) is 54.6 Å². The summed E-state index contributed by atoms with van der Waals surface area (Å²) < 4.78 is 38.8. The largest absolute Gasteiger partial charge is 0.478 e. The van der Waals surface area contributed by atoms with Crippen LogP contribution in [-0.2, 0) is 6.18 Å². The second-order valence-electron chi connectivity index (χ2n) is 6.20. The molecule has 0 aliphatic carbocycles. The summed E-state index contributed by atoms with van der Waals surface area (Å²) in [6.45, 7) is 0. The normalized spacial score (nSPS) is 11.1. The Hall–Kier alpha value is -3.52. The molecule has 0 heterocycles. The van der Waals surface area contributed by atoms with Crippen LogP contribution in [-0.4, -0.2) is 17.0 Å². The molecule has 3 aromatic carbocycles. The minimum atomic E-state index is -4.54. The third kappa shape index (κ3) is 4.90. The highest BCUT2D eigenvalue weighted by atomic mass is 35.5. The number of carbonyl (C=O) groups excluding carboxylic acids is 1. The minimum Gasteiger partial charge on any atom is -0.478 e. The lowest BCUT2D eigenvalue weighted by Crippen LogP contribution is -2.16. The zero-order valence-electron chi connectivity index (χ0n) is 15.1. The van der Waals surface area contributed by atoms with E-state index in [0.717, 1.165) is 12.1 Å². The van der Waals surface area contributed by atoms with Crippen molar-refractivity contribution in [1.29, 1.82) is 0 Å². The number of rotatable bonds is 5. The van der Waals surface area contributed by atoms with Crippen LogP contribution in [0.5, 0.6) is 0 Å². The van der Waals surface area contributed by atoms with Gasteiger partial charge in [-0.15, -0.1) is 0 Å². The smallest absolute Gasteiger partial charge is 0.416 e. The average molecular weight is 435 g/mol. The molecule has 9 heteroatoms. The summed E-state index contributed by atoms with van der Waals surface area (Å²) in [5.74, 6) is -1.93. The number of benzene rings is 3. The molecule has 3 rings (SSSR count). The number of carboxylic acids is 1. The summed E-state index contributed by atoms with van der Waals surface area (Å²) in [7, 11) is 0. The van der Waals surface area contributed by atoms with Crippen molar-refractivity contribution in [2.45, 2.75) is 6.18 Å². The molecule has 5 nitrogen and oxygen atoms in total. The van der Waals surface area contributed by atoms with Gasteiger partial charge < -0.3 is 15.7 Å². The lowest BCUT2D eigenvalue weighted by molar-refractivity contribution is -0.137. The van der Waals surface area contributed by atoms with E-state index in [4.69, 9.17) is 11.6 Å². The molecule has 0 bridgehead atoms. The first-order valence-electron chi connectivity index (χ1n) is 8.52. The number of carbonyl (C=O) groups is 2. The summed E-state index contributed by atoms with van der Waals surface area (Å²) in [6.07, 6.45) is -4.54. The number of anilines is 3. The van der Waals surface area contributed by atoms with Gasteiger partial charge >= 0.3 is 12.1 Å². The van der Waals surface area contributed by atoms with Crippen LogP contribution in [0.15, 0.2) is 66.7 Å². The fraction of sp³-hybridized carbons (Fsp3) is 0.0476.